The van der Waals surface area contributed by atoms with E-state index >= 15 is 0 Å². The number of benzene rings is 2. The molecule has 132 valence electrons. The Kier molecular flexibility index (Phi) is 7.10. The average molecular weight is 341 g/mol. The van der Waals surface area contributed by atoms with Crippen LogP contribution in [0, 0.1) is 10.1 Å². The minimum atomic E-state index is -0.406. The molecule has 0 atom stereocenters. The van der Waals surface area contributed by atoms with Crippen molar-refractivity contribution in [2.45, 2.75) is 32.9 Å². The van der Waals surface area contributed by atoms with Gasteiger partial charge < -0.3 is 10.6 Å². The molecule has 0 radical (unpaired) electrons. The molecule has 25 heavy (non-hydrogen) atoms. The van der Waals surface area contributed by atoms with Gasteiger partial charge in [0.05, 0.1) is 4.92 Å². The molecule has 0 aliphatic rings. The summed E-state index contributed by atoms with van der Waals surface area (Å²) < 4.78 is 0. The Morgan fingerprint density at radius 2 is 1.56 bits per heavy atom. The number of carbonyl (C=O) groups is 1. The molecule has 6 nitrogen and oxygen atoms in total. The van der Waals surface area contributed by atoms with Gasteiger partial charge in [0.25, 0.3) is 11.6 Å². The van der Waals surface area contributed by atoms with Gasteiger partial charge in [-0.15, -0.1) is 0 Å². The third-order valence-corrected chi connectivity index (χ3v) is 3.84. The Hall–Kier alpha value is -2.73. The molecule has 0 bridgehead atoms. The molecule has 2 N–H and O–H groups in total. The van der Waals surface area contributed by atoms with Crippen molar-refractivity contribution in [1.82, 2.24) is 10.6 Å². The first kappa shape index (κ1) is 18.6. The highest BCUT2D eigenvalue weighted by Gasteiger charge is 2.05. The molecule has 2 aromatic carbocycles. The number of non-ortho nitro benzene ring substituents is 1. The molecule has 0 saturated carbocycles. The number of nitro groups is 1. The lowest BCUT2D eigenvalue weighted by atomic mass is 10.1. The summed E-state index contributed by atoms with van der Waals surface area (Å²) in [5.41, 5.74) is 2.82. The van der Waals surface area contributed by atoms with Crippen LogP contribution in [0.4, 0.5) is 5.69 Å². The second kappa shape index (κ2) is 9.54. The Balaban J connectivity index is 1.79. The summed E-state index contributed by atoms with van der Waals surface area (Å²) in [7, 11) is 0. The van der Waals surface area contributed by atoms with E-state index < -0.39 is 4.92 Å². The summed E-state index contributed by atoms with van der Waals surface area (Å²) in [4.78, 5) is 22.1. The molecular weight excluding hydrogens is 318 g/mol. The fraction of sp³-hybridized carbons (Fsp3) is 0.316. The lowest BCUT2D eigenvalue weighted by Crippen LogP contribution is -2.24. The second-order valence-electron chi connectivity index (χ2n) is 5.83. The number of unbranched alkanes of at least 4 members (excludes halogenated alkanes) is 1. The molecule has 2 aromatic rings. The highest BCUT2D eigenvalue weighted by molar-refractivity contribution is 5.94. The predicted octanol–water partition coefficient (Wildman–Crippen LogP) is 3.41. The van der Waals surface area contributed by atoms with Crippen LogP contribution in [0.5, 0.6) is 0 Å². The van der Waals surface area contributed by atoms with Crippen molar-refractivity contribution in [2.75, 3.05) is 6.54 Å². The number of nitrogens with one attached hydrogen (secondary N) is 2. The Morgan fingerprint density at radius 1 is 1.00 bits per heavy atom. The van der Waals surface area contributed by atoms with E-state index in [1.165, 1.54) is 12.1 Å². The van der Waals surface area contributed by atoms with E-state index in [0.717, 1.165) is 24.0 Å². The number of amides is 1. The zero-order valence-electron chi connectivity index (χ0n) is 14.3. The molecular formula is C19H23N3O3. The molecule has 1 amide bonds. The van der Waals surface area contributed by atoms with E-state index in [4.69, 9.17) is 0 Å². The summed E-state index contributed by atoms with van der Waals surface area (Å²) >= 11 is 0. The number of hydrogen-bond donors (Lipinski definition) is 2. The van der Waals surface area contributed by atoms with Gasteiger partial charge in [0.15, 0.2) is 0 Å². The summed E-state index contributed by atoms with van der Waals surface area (Å²) in [6.45, 7) is 4.07. The van der Waals surface area contributed by atoms with Gasteiger partial charge in [-0.2, -0.15) is 0 Å². The third kappa shape index (κ3) is 6.00. The first-order valence-electron chi connectivity index (χ1n) is 8.41. The van der Waals surface area contributed by atoms with Gasteiger partial charge >= 0.3 is 0 Å². The zero-order valence-corrected chi connectivity index (χ0v) is 14.3. The summed E-state index contributed by atoms with van der Waals surface area (Å²) in [6.07, 6.45) is 2.04. The second-order valence-corrected chi connectivity index (χ2v) is 5.83. The highest BCUT2D eigenvalue weighted by Crippen LogP contribution is 2.12. The molecule has 0 aliphatic heterocycles. The van der Waals surface area contributed by atoms with Gasteiger partial charge in [-0.1, -0.05) is 37.6 Å². The smallest absolute Gasteiger partial charge is 0.269 e. The lowest BCUT2D eigenvalue weighted by Gasteiger charge is -2.07. The van der Waals surface area contributed by atoms with Crippen molar-refractivity contribution in [1.29, 1.82) is 0 Å². The van der Waals surface area contributed by atoms with Crippen LogP contribution in [0.1, 0.15) is 41.3 Å². The number of nitro benzene ring substituents is 1. The summed E-state index contributed by atoms with van der Waals surface area (Å²) in [6, 6.07) is 14.0. The molecule has 0 fully saturated rings. The van der Waals surface area contributed by atoms with Crippen LogP contribution in [-0.2, 0) is 13.1 Å². The van der Waals surface area contributed by atoms with Crippen molar-refractivity contribution in [3.63, 3.8) is 0 Å². The van der Waals surface area contributed by atoms with Crippen LogP contribution in [0.25, 0.3) is 0 Å². The number of hydrogen-bond acceptors (Lipinski definition) is 4. The van der Waals surface area contributed by atoms with E-state index in [2.05, 4.69) is 17.6 Å². The van der Waals surface area contributed by atoms with Crippen molar-refractivity contribution in [2.24, 2.45) is 0 Å². The molecule has 0 aromatic heterocycles. The highest BCUT2D eigenvalue weighted by atomic mass is 16.6. The predicted molar refractivity (Wildman–Crippen MR) is 97.3 cm³/mol. The fourth-order valence-electron chi connectivity index (χ4n) is 2.34. The van der Waals surface area contributed by atoms with Crippen LogP contribution in [0.15, 0.2) is 48.5 Å². The molecule has 0 saturated heterocycles. The third-order valence-electron chi connectivity index (χ3n) is 3.84. The van der Waals surface area contributed by atoms with Crippen LogP contribution in [-0.4, -0.2) is 17.4 Å². The average Bonchev–Trinajstić information content (AvgIpc) is 2.63. The largest absolute Gasteiger partial charge is 0.352 e. The van der Waals surface area contributed by atoms with Crippen molar-refractivity contribution >= 4 is 11.6 Å². The van der Waals surface area contributed by atoms with Crippen LogP contribution < -0.4 is 10.6 Å². The lowest BCUT2D eigenvalue weighted by molar-refractivity contribution is -0.384. The first-order valence-corrected chi connectivity index (χ1v) is 8.41. The molecule has 0 aliphatic carbocycles. The van der Waals surface area contributed by atoms with Gasteiger partial charge in [-0.3, -0.25) is 14.9 Å². The monoisotopic (exact) mass is 341 g/mol. The maximum atomic E-state index is 11.9. The zero-order chi connectivity index (χ0) is 18.1. The van der Waals surface area contributed by atoms with E-state index in [1.807, 2.05) is 24.3 Å². The van der Waals surface area contributed by atoms with Gasteiger partial charge in [-0.25, -0.2) is 0 Å². The number of nitrogens with zero attached hydrogens (tertiary/aromatic N) is 1. The standard InChI is InChI=1S/C19H23N3O3/c1-2-3-12-21-19(23)17-8-4-15(5-9-17)13-20-14-16-6-10-18(11-7-16)22(24)25/h4-11,20H,2-3,12-14H2,1H3,(H,21,23). The van der Waals surface area contributed by atoms with Crippen molar-refractivity contribution in [3.8, 4) is 0 Å². The number of carbonyl (C=O) groups excluding carboxylic acids is 1. The topological polar surface area (TPSA) is 84.3 Å². The molecule has 0 unspecified atom stereocenters. The maximum absolute atomic E-state index is 11.9. The number of rotatable bonds is 9. The normalized spacial score (nSPS) is 10.4. The van der Waals surface area contributed by atoms with Gasteiger partial charge in [-0.05, 0) is 29.7 Å². The van der Waals surface area contributed by atoms with Gasteiger partial charge in [0.2, 0.25) is 0 Å². The fourth-order valence-corrected chi connectivity index (χ4v) is 2.34. The first-order chi connectivity index (χ1) is 12.1. The van der Waals surface area contributed by atoms with E-state index in [9.17, 15) is 14.9 Å². The van der Waals surface area contributed by atoms with Gasteiger partial charge in [0.1, 0.15) is 0 Å². The van der Waals surface area contributed by atoms with Crippen LogP contribution in [0.2, 0.25) is 0 Å². The van der Waals surface area contributed by atoms with Crippen molar-refractivity contribution < 1.29 is 9.72 Å². The Morgan fingerprint density at radius 3 is 2.08 bits per heavy atom. The molecule has 0 heterocycles. The quantitative estimate of drug-likeness (QED) is 0.416. The SMILES string of the molecule is CCCCNC(=O)c1ccc(CNCc2ccc([N+](=O)[O-])cc2)cc1. The molecule has 2 rings (SSSR count). The Bertz CT molecular complexity index is 697. The van der Waals surface area contributed by atoms with Crippen LogP contribution in [0.3, 0.4) is 0 Å². The maximum Gasteiger partial charge on any atom is 0.269 e. The summed E-state index contributed by atoms with van der Waals surface area (Å²) in [5.74, 6) is -0.0427. The minimum Gasteiger partial charge on any atom is -0.352 e. The summed E-state index contributed by atoms with van der Waals surface area (Å²) in [5, 5.41) is 16.8. The molecule has 6 heteroatoms. The van der Waals surface area contributed by atoms with E-state index in [-0.39, 0.29) is 11.6 Å². The minimum absolute atomic E-state index is 0.0427. The molecule has 0 spiro atoms. The Labute approximate surface area is 147 Å². The van der Waals surface area contributed by atoms with Gasteiger partial charge in [0, 0.05) is 37.3 Å². The van der Waals surface area contributed by atoms with E-state index in [1.54, 1.807) is 12.1 Å². The van der Waals surface area contributed by atoms with Crippen LogP contribution >= 0.6 is 0 Å². The van der Waals surface area contributed by atoms with E-state index in [0.29, 0.717) is 25.2 Å². The van der Waals surface area contributed by atoms with Crippen molar-refractivity contribution in [3.05, 3.63) is 75.3 Å².